The Morgan fingerprint density at radius 2 is 2.14 bits per heavy atom. The lowest BCUT2D eigenvalue weighted by Gasteiger charge is -2.22. The SMILES string of the molecule is CCC1C(N)=C1C1=C(C)CCC(C)C1. The Balaban J connectivity index is 2.18. The minimum Gasteiger partial charge on any atom is -0.401 e. The van der Waals surface area contributed by atoms with Crippen molar-refractivity contribution in [3.05, 3.63) is 22.4 Å². The van der Waals surface area contributed by atoms with Gasteiger partial charge < -0.3 is 5.73 Å². The Morgan fingerprint density at radius 3 is 2.71 bits per heavy atom. The van der Waals surface area contributed by atoms with Crippen LogP contribution in [0.2, 0.25) is 0 Å². The minimum absolute atomic E-state index is 0.630. The smallest absolute Gasteiger partial charge is 0.0256 e. The fraction of sp³-hybridized carbons (Fsp3) is 0.692. The highest BCUT2D eigenvalue weighted by Crippen LogP contribution is 2.48. The summed E-state index contributed by atoms with van der Waals surface area (Å²) in [6, 6.07) is 0. The van der Waals surface area contributed by atoms with Crippen LogP contribution in [-0.4, -0.2) is 0 Å². The molecular weight excluding hydrogens is 170 g/mol. The van der Waals surface area contributed by atoms with E-state index >= 15 is 0 Å². The Bertz CT molecular complexity index is 309. The zero-order valence-corrected chi connectivity index (χ0v) is 9.56. The summed E-state index contributed by atoms with van der Waals surface area (Å²) in [5, 5.41) is 0. The molecule has 0 aromatic rings. The summed E-state index contributed by atoms with van der Waals surface area (Å²) in [5.41, 5.74) is 11.9. The molecule has 0 heterocycles. The van der Waals surface area contributed by atoms with E-state index in [1.54, 1.807) is 11.1 Å². The van der Waals surface area contributed by atoms with Gasteiger partial charge in [-0.2, -0.15) is 0 Å². The maximum atomic E-state index is 6.01. The molecule has 0 fully saturated rings. The predicted molar refractivity (Wildman–Crippen MR) is 60.7 cm³/mol. The second-order valence-corrected chi connectivity index (χ2v) is 4.94. The molecule has 2 N–H and O–H groups in total. The van der Waals surface area contributed by atoms with Crippen LogP contribution in [0.1, 0.15) is 46.5 Å². The van der Waals surface area contributed by atoms with Crippen LogP contribution in [0, 0.1) is 11.8 Å². The van der Waals surface area contributed by atoms with E-state index in [9.17, 15) is 0 Å². The quantitative estimate of drug-likeness (QED) is 0.711. The summed E-state index contributed by atoms with van der Waals surface area (Å²) in [6.07, 6.45) is 5.09. The largest absolute Gasteiger partial charge is 0.401 e. The molecule has 14 heavy (non-hydrogen) atoms. The van der Waals surface area contributed by atoms with Crippen LogP contribution in [0.25, 0.3) is 0 Å². The highest BCUT2D eigenvalue weighted by molar-refractivity contribution is 5.54. The van der Waals surface area contributed by atoms with Crippen molar-refractivity contribution in [1.29, 1.82) is 0 Å². The molecule has 1 nitrogen and oxygen atoms in total. The fourth-order valence-electron chi connectivity index (χ4n) is 2.68. The average molecular weight is 191 g/mol. The molecule has 0 bridgehead atoms. The molecule has 0 spiro atoms. The van der Waals surface area contributed by atoms with Gasteiger partial charge in [0.2, 0.25) is 0 Å². The van der Waals surface area contributed by atoms with Crippen LogP contribution in [0.15, 0.2) is 22.4 Å². The summed E-state index contributed by atoms with van der Waals surface area (Å²) in [6.45, 7) is 6.87. The first-order chi connectivity index (χ1) is 6.65. The van der Waals surface area contributed by atoms with Crippen molar-refractivity contribution in [3.8, 4) is 0 Å². The number of hydrogen-bond acceptors (Lipinski definition) is 1. The van der Waals surface area contributed by atoms with Crippen LogP contribution in [0.3, 0.4) is 0 Å². The summed E-state index contributed by atoms with van der Waals surface area (Å²) < 4.78 is 0. The third-order valence-corrected chi connectivity index (χ3v) is 3.76. The maximum Gasteiger partial charge on any atom is 0.0256 e. The third kappa shape index (κ3) is 1.49. The molecule has 2 aliphatic rings. The van der Waals surface area contributed by atoms with Gasteiger partial charge >= 0.3 is 0 Å². The summed E-state index contributed by atoms with van der Waals surface area (Å²) in [7, 11) is 0. The van der Waals surface area contributed by atoms with Crippen molar-refractivity contribution in [2.45, 2.75) is 46.5 Å². The van der Waals surface area contributed by atoms with Crippen LogP contribution < -0.4 is 5.73 Å². The van der Waals surface area contributed by atoms with Gasteiger partial charge in [-0.15, -0.1) is 0 Å². The van der Waals surface area contributed by atoms with Gasteiger partial charge in [0, 0.05) is 11.6 Å². The van der Waals surface area contributed by atoms with Gasteiger partial charge in [-0.1, -0.05) is 19.4 Å². The molecule has 2 rings (SSSR count). The number of rotatable bonds is 2. The second kappa shape index (κ2) is 3.45. The molecule has 0 aliphatic heterocycles. The van der Waals surface area contributed by atoms with Crippen LogP contribution >= 0.6 is 0 Å². The molecule has 2 aliphatic carbocycles. The van der Waals surface area contributed by atoms with Gasteiger partial charge in [-0.05, 0) is 49.7 Å². The van der Waals surface area contributed by atoms with Gasteiger partial charge in [-0.25, -0.2) is 0 Å². The van der Waals surface area contributed by atoms with E-state index in [0.29, 0.717) is 5.92 Å². The van der Waals surface area contributed by atoms with Gasteiger partial charge in [0.05, 0.1) is 0 Å². The summed E-state index contributed by atoms with van der Waals surface area (Å²) in [4.78, 5) is 0. The van der Waals surface area contributed by atoms with E-state index in [-0.39, 0.29) is 0 Å². The van der Waals surface area contributed by atoms with E-state index in [1.165, 1.54) is 37.0 Å². The normalized spacial score (nSPS) is 32.5. The molecule has 0 radical (unpaired) electrons. The Labute approximate surface area is 87.1 Å². The molecule has 0 saturated heterocycles. The lowest BCUT2D eigenvalue weighted by atomic mass is 9.83. The Hall–Kier alpha value is -0.720. The molecule has 0 saturated carbocycles. The number of nitrogens with two attached hydrogens (primary N) is 1. The van der Waals surface area contributed by atoms with Crippen molar-refractivity contribution < 1.29 is 0 Å². The molecule has 2 atom stereocenters. The first-order valence-electron chi connectivity index (χ1n) is 5.83. The maximum absolute atomic E-state index is 6.01. The molecule has 2 unspecified atom stereocenters. The third-order valence-electron chi connectivity index (χ3n) is 3.76. The second-order valence-electron chi connectivity index (χ2n) is 4.94. The predicted octanol–water partition coefficient (Wildman–Crippen LogP) is 3.38. The average Bonchev–Trinajstić information content (AvgIpc) is 2.81. The van der Waals surface area contributed by atoms with Crippen molar-refractivity contribution in [1.82, 2.24) is 0 Å². The Kier molecular flexibility index (Phi) is 2.42. The zero-order chi connectivity index (χ0) is 10.3. The number of hydrogen-bond donors (Lipinski definition) is 1. The van der Waals surface area contributed by atoms with E-state index in [2.05, 4.69) is 20.8 Å². The van der Waals surface area contributed by atoms with E-state index in [0.717, 1.165) is 5.92 Å². The van der Waals surface area contributed by atoms with Crippen molar-refractivity contribution >= 4 is 0 Å². The standard InChI is InChI=1S/C13H21N/c1-4-10-12(13(10)14)11-7-8(2)5-6-9(11)3/h8,10H,4-7,14H2,1-3H3. The molecule has 78 valence electrons. The first-order valence-corrected chi connectivity index (χ1v) is 5.83. The molecule has 0 aromatic heterocycles. The highest BCUT2D eigenvalue weighted by atomic mass is 14.7. The first kappa shape index (κ1) is 9.82. The van der Waals surface area contributed by atoms with Crippen molar-refractivity contribution in [3.63, 3.8) is 0 Å². The summed E-state index contributed by atoms with van der Waals surface area (Å²) in [5.74, 6) is 1.48. The molecular formula is C13H21N. The van der Waals surface area contributed by atoms with Crippen LogP contribution in [-0.2, 0) is 0 Å². The highest BCUT2D eigenvalue weighted by Gasteiger charge is 2.36. The van der Waals surface area contributed by atoms with Crippen LogP contribution in [0.5, 0.6) is 0 Å². The van der Waals surface area contributed by atoms with Crippen molar-refractivity contribution in [2.75, 3.05) is 0 Å². The molecule has 0 amide bonds. The Morgan fingerprint density at radius 1 is 1.43 bits per heavy atom. The van der Waals surface area contributed by atoms with E-state index in [1.807, 2.05) is 0 Å². The van der Waals surface area contributed by atoms with Gasteiger partial charge in [0.25, 0.3) is 0 Å². The minimum atomic E-state index is 0.630. The topological polar surface area (TPSA) is 26.0 Å². The van der Waals surface area contributed by atoms with E-state index < -0.39 is 0 Å². The molecule has 0 aromatic carbocycles. The zero-order valence-electron chi connectivity index (χ0n) is 9.56. The number of allylic oxidation sites excluding steroid dienone is 4. The van der Waals surface area contributed by atoms with Gasteiger partial charge in [-0.3, -0.25) is 0 Å². The van der Waals surface area contributed by atoms with Gasteiger partial charge in [0.15, 0.2) is 0 Å². The van der Waals surface area contributed by atoms with Crippen molar-refractivity contribution in [2.24, 2.45) is 17.6 Å². The van der Waals surface area contributed by atoms with E-state index in [4.69, 9.17) is 5.73 Å². The lowest BCUT2D eigenvalue weighted by molar-refractivity contribution is 0.498. The van der Waals surface area contributed by atoms with Crippen LogP contribution in [0.4, 0.5) is 0 Å². The summed E-state index contributed by atoms with van der Waals surface area (Å²) >= 11 is 0. The molecule has 1 heteroatoms. The fourth-order valence-corrected chi connectivity index (χ4v) is 2.68. The monoisotopic (exact) mass is 191 g/mol. The van der Waals surface area contributed by atoms with Gasteiger partial charge in [0.1, 0.15) is 0 Å². The lowest BCUT2D eigenvalue weighted by Crippen LogP contribution is -2.06.